The number of hydrogen-bond acceptors (Lipinski definition) is 4. The Morgan fingerprint density at radius 2 is 1.89 bits per heavy atom. The van der Waals surface area contributed by atoms with E-state index in [2.05, 4.69) is 39.4 Å². The fourth-order valence-electron chi connectivity index (χ4n) is 3.43. The van der Waals surface area contributed by atoms with Crippen LogP contribution in [0.25, 0.3) is 0 Å². The van der Waals surface area contributed by atoms with E-state index in [1.807, 2.05) is 20.9 Å². The molecule has 0 aromatic carbocycles. The van der Waals surface area contributed by atoms with E-state index in [1.54, 1.807) is 0 Å². The lowest BCUT2D eigenvalue weighted by molar-refractivity contribution is 0.164. The number of aliphatic imine (C=N–C) groups is 1. The summed E-state index contributed by atoms with van der Waals surface area (Å²) < 4.78 is 5.71. The van der Waals surface area contributed by atoms with Crippen LogP contribution in [0.15, 0.2) is 9.41 Å². The number of nitrogens with zero attached hydrogens (tertiary/aromatic N) is 3. The molecule has 0 bridgehead atoms. The van der Waals surface area contributed by atoms with Crippen molar-refractivity contribution in [3.05, 3.63) is 17.3 Å². The van der Waals surface area contributed by atoms with Gasteiger partial charge in [0.25, 0.3) is 0 Å². The number of rotatable bonds is 8. The second-order valence-electron chi connectivity index (χ2n) is 7.49. The molecular weight excluding hydrogens is 453 g/mol. The van der Waals surface area contributed by atoms with Crippen LogP contribution in [0.2, 0.25) is 0 Å². The summed E-state index contributed by atoms with van der Waals surface area (Å²) >= 11 is 0. The van der Waals surface area contributed by atoms with Crippen molar-refractivity contribution in [2.24, 2.45) is 16.8 Å². The summed E-state index contributed by atoms with van der Waals surface area (Å²) in [4.78, 5) is 11.3. The molecule has 0 radical (unpaired) electrons. The molecule has 1 aromatic rings. The molecule has 0 unspecified atom stereocenters. The monoisotopic (exact) mass is 491 g/mol. The molecule has 0 spiro atoms. The number of aryl methyl sites for hydroxylation is 2. The molecule has 0 aliphatic carbocycles. The average Bonchev–Trinajstić information content (AvgIpc) is 2.97. The largest absolute Gasteiger partial charge is 0.444 e. The van der Waals surface area contributed by atoms with Crippen molar-refractivity contribution in [3.63, 3.8) is 0 Å². The Balaban J connectivity index is 0.00000364. The molecule has 7 heteroatoms. The van der Waals surface area contributed by atoms with Gasteiger partial charge in [-0.3, -0.25) is 9.89 Å². The molecule has 0 amide bonds. The number of guanidine groups is 1. The van der Waals surface area contributed by atoms with Gasteiger partial charge in [-0.15, -0.1) is 24.0 Å². The van der Waals surface area contributed by atoms with Gasteiger partial charge in [0, 0.05) is 20.1 Å². The predicted octanol–water partition coefficient (Wildman–Crippen LogP) is 3.72. The number of likely N-dealkylation sites (tertiary alicyclic amines) is 1. The summed E-state index contributed by atoms with van der Waals surface area (Å²) in [6, 6.07) is 0. The van der Waals surface area contributed by atoms with Crippen LogP contribution in [-0.2, 0) is 6.54 Å². The molecule has 0 atom stereocenters. The van der Waals surface area contributed by atoms with Crippen LogP contribution in [0.4, 0.5) is 0 Å². The Kier molecular flexibility index (Phi) is 11.3. The van der Waals surface area contributed by atoms with Crippen molar-refractivity contribution in [1.29, 1.82) is 0 Å². The smallest absolute Gasteiger partial charge is 0.208 e. The molecule has 27 heavy (non-hydrogen) atoms. The molecule has 0 saturated carbocycles. The number of halogens is 1. The van der Waals surface area contributed by atoms with Crippen molar-refractivity contribution in [1.82, 2.24) is 20.5 Å². The minimum atomic E-state index is 0. The van der Waals surface area contributed by atoms with Gasteiger partial charge in [0.2, 0.25) is 5.89 Å². The topological polar surface area (TPSA) is 65.7 Å². The molecule has 156 valence electrons. The Morgan fingerprint density at radius 1 is 1.22 bits per heavy atom. The molecule has 1 aliphatic heterocycles. The molecule has 1 fully saturated rings. The fourth-order valence-corrected chi connectivity index (χ4v) is 3.43. The van der Waals surface area contributed by atoms with Gasteiger partial charge in [0.15, 0.2) is 5.96 Å². The molecule has 2 heterocycles. The lowest BCUT2D eigenvalue weighted by atomic mass is 9.97. The Hall–Kier alpha value is -0.830. The first kappa shape index (κ1) is 24.2. The van der Waals surface area contributed by atoms with Gasteiger partial charge in [-0.25, -0.2) is 4.98 Å². The standard InChI is InChI=1S/C20H37N5O.HI/c1-6-17(7-2)12-22-20(21-5)23-13-18-8-10-25(11-9-18)14-19-24-15(3)16(4)26-19;/h17-18H,6-14H2,1-5H3,(H2,21,22,23);1H. The Bertz CT molecular complexity index is 543. The van der Waals surface area contributed by atoms with Crippen LogP contribution >= 0.6 is 24.0 Å². The lowest BCUT2D eigenvalue weighted by Crippen LogP contribution is -2.43. The summed E-state index contributed by atoms with van der Waals surface area (Å²) in [5, 5.41) is 6.98. The number of oxazole rings is 1. The molecule has 2 rings (SSSR count). The maximum Gasteiger partial charge on any atom is 0.208 e. The number of piperidine rings is 1. The van der Waals surface area contributed by atoms with Crippen molar-refractivity contribution in [3.8, 4) is 0 Å². The third kappa shape index (κ3) is 7.97. The highest BCUT2D eigenvalue weighted by atomic mass is 127. The van der Waals surface area contributed by atoms with E-state index in [9.17, 15) is 0 Å². The van der Waals surface area contributed by atoms with Crippen LogP contribution in [0.5, 0.6) is 0 Å². The van der Waals surface area contributed by atoms with E-state index in [0.717, 1.165) is 61.9 Å². The molecule has 6 nitrogen and oxygen atoms in total. The third-order valence-electron chi connectivity index (χ3n) is 5.63. The van der Waals surface area contributed by atoms with Gasteiger partial charge in [-0.2, -0.15) is 0 Å². The maximum atomic E-state index is 5.71. The van der Waals surface area contributed by atoms with Crippen molar-refractivity contribution in [2.45, 2.75) is 59.9 Å². The van der Waals surface area contributed by atoms with E-state index in [4.69, 9.17) is 4.42 Å². The third-order valence-corrected chi connectivity index (χ3v) is 5.63. The normalized spacial score (nSPS) is 16.4. The first-order valence-electron chi connectivity index (χ1n) is 10.1. The number of hydrogen-bond donors (Lipinski definition) is 2. The van der Waals surface area contributed by atoms with Crippen molar-refractivity contribution < 1.29 is 4.42 Å². The van der Waals surface area contributed by atoms with E-state index >= 15 is 0 Å². The second kappa shape index (κ2) is 12.6. The van der Waals surface area contributed by atoms with Crippen LogP contribution in [-0.4, -0.2) is 49.1 Å². The molecule has 1 saturated heterocycles. The quantitative estimate of drug-likeness (QED) is 0.330. The van der Waals surface area contributed by atoms with Gasteiger partial charge >= 0.3 is 0 Å². The first-order chi connectivity index (χ1) is 12.5. The summed E-state index contributed by atoms with van der Waals surface area (Å²) in [7, 11) is 1.85. The number of aromatic nitrogens is 1. The highest BCUT2D eigenvalue weighted by molar-refractivity contribution is 14.0. The molecule has 1 aliphatic rings. The lowest BCUT2D eigenvalue weighted by Gasteiger charge is -2.31. The predicted molar refractivity (Wildman–Crippen MR) is 123 cm³/mol. The van der Waals surface area contributed by atoms with Crippen molar-refractivity contribution >= 4 is 29.9 Å². The minimum absolute atomic E-state index is 0. The zero-order chi connectivity index (χ0) is 18.9. The van der Waals surface area contributed by atoms with Gasteiger partial charge in [0.05, 0.1) is 12.2 Å². The SMILES string of the molecule is CCC(CC)CNC(=NC)NCC1CCN(Cc2nc(C)c(C)o2)CC1.I. The summed E-state index contributed by atoms with van der Waals surface area (Å²) in [5.41, 5.74) is 1.01. The van der Waals surface area contributed by atoms with E-state index in [0.29, 0.717) is 5.92 Å². The zero-order valence-electron chi connectivity index (χ0n) is 17.7. The molecular formula is C20H38IN5O. The van der Waals surface area contributed by atoms with Crippen molar-refractivity contribution in [2.75, 3.05) is 33.2 Å². The van der Waals surface area contributed by atoms with Gasteiger partial charge < -0.3 is 15.1 Å². The Labute approximate surface area is 182 Å². The van der Waals surface area contributed by atoms with Crippen LogP contribution in [0.1, 0.15) is 56.9 Å². The summed E-state index contributed by atoms with van der Waals surface area (Å²) in [6.45, 7) is 13.5. The maximum absolute atomic E-state index is 5.71. The van der Waals surface area contributed by atoms with Gasteiger partial charge in [0.1, 0.15) is 5.76 Å². The summed E-state index contributed by atoms with van der Waals surface area (Å²) in [5.74, 6) is 4.14. The first-order valence-corrected chi connectivity index (χ1v) is 10.1. The van der Waals surface area contributed by atoms with E-state index in [-0.39, 0.29) is 24.0 Å². The van der Waals surface area contributed by atoms with Gasteiger partial charge in [-0.1, -0.05) is 26.7 Å². The van der Waals surface area contributed by atoms with E-state index in [1.165, 1.54) is 25.7 Å². The summed E-state index contributed by atoms with van der Waals surface area (Å²) in [6.07, 6.45) is 4.83. The highest BCUT2D eigenvalue weighted by Gasteiger charge is 2.21. The fraction of sp³-hybridized carbons (Fsp3) is 0.800. The molecule has 2 N–H and O–H groups in total. The Morgan fingerprint density at radius 3 is 2.41 bits per heavy atom. The van der Waals surface area contributed by atoms with Crippen LogP contribution < -0.4 is 10.6 Å². The zero-order valence-corrected chi connectivity index (χ0v) is 20.0. The minimum Gasteiger partial charge on any atom is -0.444 e. The van der Waals surface area contributed by atoms with Crippen LogP contribution in [0, 0.1) is 25.7 Å². The second-order valence-corrected chi connectivity index (χ2v) is 7.49. The van der Waals surface area contributed by atoms with Gasteiger partial charge in [-0.05, 0) is 51.6 Å². The highest BCUT2D eigenvalue weighted by Crippen LogP contribution is 2.19. The van der Waals surface area contributed by atoms with E-state index < -0.39 is 0 Å². The van der Waals surface area contributed by atoms with Crippen LogP contribution in [0.3, 0.4) is 0 Å². The molecule has 1 aromatic heterocycles. The average molecular weight is 491 g/mol. The number of nitrogens with one attached hydrogen (secondary N) is 2.